The second kappa shape index (κ2) is 8.22. The molecule has 1 spiro atoms. The number of imide groups is 1. The molecule has 1 aliphatic heterocycles. The number of benzene rings is 1. The maximum atomic E-state index is 13.3. The Morgan fingerprint density at radius 3 is 2.67 bits per heavy atom. The van der Waals surface area contributed by atoms with E-state index in [0.717, 1.165) is 40.2 Å². The van der Waals surface area contributed by atoms with Gasteiger partial charge in [0.2, 0.25) is 5.91 Å². The number of thiophene rings is 1. The van der Waals surface area contributed by atoms with Crippen LogP contribution in [-0.4, -0.2) is 29.3 Å². The number of hydrogen-bond acceptors (Lipinski definition) is 4. The van der Waals surface area contributed by atoms with Crippen LogP contribution in [0.15, 0.2) is 41.8 Å². The van der Waals surface area contributed by atoms with Crippen LogP contribution in [0.1, 0.15) is 55.2 Å². The molecular formula is C23H27N3O3S. The molecule has 1 aromatic heterocycles. The van der Waals surface area contributed by atoms with Crippen LogP contribution in [0.2, 0.25) is 0 Å². The Kier molecular flexibility index (Phi) is 5.64. The lowest BCUT2D eigenvalue weighted by atomic mass is 9.92. The SMILES string of the molecule is CCC(CC)C(NC(=O)CN1C(=O)NC2(CCc3ccccc32)C1=O)c1cccs1. The maximum Gasteiger partial charge on any atom is 0.325 e. The molecule has 6 nitrogen and oxygen atoms in total. The number of urea groups is 1. The third-order valence-electron chi connectivity index (χ3n) is 6.41. The van der Waals surface area contributed by atoms with Crippen LogP contribution in [0.4, 0.5) is 4.79 Å². The Balaban J connectivity index is 1.51. The van der Waals surface area contributed by atoms with Crippen molar-refractivity contribution in [3.05, 3.63) is 57.8 Å². The van der Waals surface area contributed by atoms with E-state index in [4.69, 9.17) is 0 Å². The molecule has 7 heteroatoms. The number of rotatable bonds is 7. The normalized spacial score (nSPS) is 21.2. The van der Waals surface area contributed by atoms with Crippen LogP contribution in [0.3, 0.4) is 0 Å². The van der Waals surface area contributed by atoms with Crippen molar-refractivity contribution in [1.29, 1.82) is 0 Å². The number of carbonyl (C=O) groups is 3. The lowest BCUT2D eigenvalue weighted by Crippen LogP contribution is -2.45. The fourth-order valence-corrected chi connectivity index (χ4v) is 5.61. The zero-order valence-corrected chi connectivity index (χ0v) is 18.1. The minimum atomic E-state index is -1.03. The van der Waals surface area contributed by atoms with Crippen molar-refractivity contribution in [1.82, 2.24) is 15.5 Å². The molecule has 2 aromatic rings. The van der Waals surface area contributed by atoms with Gasteiger partial charge in [0, 0.05) is 4.88 Å². The fourth-order valence-electron chi connectivity index (χ4n) is 4.75. The van der Waals surface area contributed by atoms with Crippen LogP contribution in [0, 0.1) is 5.92 Å². The van der Waals surface area contributed by atoms with Gasteiger partial charge in [-0.25, -0.2) is 4.79 Å². The van der Waals surface area contributed by atoms with Crippen LogP contribution in [-0.2, 0) is 21.5 Å². The average Bonchev–Trinajstić information content (AvgIpc) is 3.45. The van der Waals surface area contributed by atoms with E-state index in [1.165, 1.54) is 0 Å². The van der Waals surface area contributed by atoms with E-state index in [1.807, 2.05) is 41.8 Å². The minimum Gasteiger partial charge on any atom is -0.347 e. The Morgan fingerprint density at radius 1 is 1.20 bits per heavy atom. The molecule has 30 heavy (non-hydrogen) atoms. The van der Waals surface area contributed by atoms with Crippen LogP contribution < -0.4 is 10.6 Å². The Hall–Kier alpha value is -2.67. The molecule has 1 aliphatic carbocycles. The van der Waals surface area contributed by atoms with Crippen molar-refractivity contribution < 1.29 is 14.4 Å². The van der Waals surface area contributed by atoms with Gasteiger partial charge in [-0.15, -0.1) is 11.3 Å². The summed E-state index contributed by atoms with van der Waals surface area (Å²) in [5.74, 6) is -0.348. The zero-order chi connectivity index (χ0) is 21.3. The topological polar surface area (TPSA) is 78.5 Å². The summed E-state index contributed by atoms with van der Waals surface area (Å²) in [4.78, 5) is 41.0. The van der Waals surface area contributed by atoms with E-state index in [9.17, 15) is 14.4 Å². The summed E-state index contributed by atoms with van der Waals surface area (Å²) in [6.45, 7) is 3.95. The summed E-state index contributed by atoms with van der Waals surface area (Å²) in [5, 5.41) is 7.96. The molecule has 0 saturated carbocycles. The molecule has 2 heterocycles. The number of nitrogens with zero attached hydrogens (tertiary/aromatic N) is 1. The van der Waals surface area contributed by atoms with Gasteiger partial charge in [0.1, 0.15) is 12.1 Å². The maximum absolute atomic E-state index is 13.3. The van der Waals surface area contributed by atoms with Crippen LogP contribution in [0.25, 0.3) is 0 Å². The first kappa shape index (κ1) is 20.6. The molecule has 2 unspecified atom stereocenters. The highest BCUT2D eigenvalue weighted by Gasteiger charge is 2.55. The van der Waals surface area contributed by atoms with Crippen molar-refractivity contribution >= 4 is 29.2 Å². The second-order valence-corrected chi connectivity index (χ2v) is 9.00. The lowest BCUT2D eigenvalue weighted by Gasteiger charge is -2.26. The van der Waals surface area contributed by atoms with E-state index < -0.39 is 11.6 Å². The van der Waals surface area contributed by atoms with Crippen molar-refractivity contribution in [2.45, 2.75) is 51.1 Å². The molecule has 1 saturated heterocycles. The van der Waals surface area contributed by atoms with E-state index in [2.05, 4.69) is 24.5 Å². The Morgan fingerprint density at radius 2 is 1.97 bits per heavy atom. The highest BCUT2D eigenvalue weighted by atomic mass is 32.1. The molecule has 1 aromatic carbocycles. The molecule has 4 amide bonds. The highest BCUT2D eigenvalue weighted by Crippen LogP contribution is 2.41. The van der Waals surface area contributed by atoms with Crippen molar-refractivity contribution in [3.63, 3.8) is 0 Å². The van der Waals surface area contributed by atoms with Crippen LogP contribution in [0.5, 0.6) is 0 Å². The van der Waals surface area contributed by atoms with Gasteiger partial charge in [0.05, 0.1) is 6.04 Å². The fraction of sp³-hybridized carbons (Fsp3) is 0.435. The number of amides is 4. The van der Waals surface area contributed by atoms with E-state index >= 15 is 0 Å². The Labute approximate surface area is 180 Å². The molecule has 1 fully saturated rings. The third-order valence-corrected chi connectivity index (χ3v) is 7.37. The monoisotopic (exact) mass is 425 g/mol. The van der Waals surface area contributed by atoms with Crippen molar-refractivity contribution in [3.8, 4) is 0 Å². The van der Waals surface area contributed by atoms with E-state index in [-0.39, 0.29) is 24.4 Å². The highest BCUT2D eigenvalue weighted by molar-refractivity contribution is 7.10. The first-order chi connectivity index (χ1) is 14.5. The van der Waals surface area contributed by atoms with Gasteiger partial charge in [-0.3, -0.25) is 14.5 Å². The molecule has 2 aliphatic rings. The number of carbonyl (C=O) groups excluding carboxylic acids is 3. The van der Waals surface area contributed by atoms with Gasteiger partial charge in [0.15, 0.2) is 0 Å². The zero-order valence-electron chi connectivity index (χ0n) is 17.3. The molecule has 4 rings (SSSR count). The average molecular weight is 426 g/mol. The van der Waals surface area contributed by atoms with Gasteiger partial charge in [-0.2, -0.15) is 0 Å². The van der Waals surface area contributed by atoms with Gasteiger partial charge < -0.3 is 10.6 Å². The Bertz CT molecular complexity index is 954. The quantitative estimate of drug-likeness (QED) is 0.664. The number of nitrogens with one attached hydrogen (secondary N) is 2. The molecule has 2 N–H and O–H groups in total. The van der Waals surface area contributed by atoms with Crippen LogP contribution >= 0.6 is 11.3 Å². The standard InChI is InChI=1S/C23H27N3O3S/c1-3-15(4-2)20(18-10-7-13-30-18)24-19(27)14-26-21(28)23(25-22(26)29)12-11-16-8-5-6-9-17(16)23/h5-10,13,15,20H,3-4,11-12,14H2,1-2H3,(H,24,27)(H,25,29). The van der Waals surface area contributed by atoms with E-state index in [1.54, 1.807) is 11.3 Å². The van der Waals surface area contributed by atoms with Gasteiger partial charge in [-0.05, 0) is 41.3 Å². The predicted molar refractivity (Wildman–Crippen MR) is 116 cm³/mol. The van der Waals surface area contributed by atoms with Gasteiger partial charge in [0.25, 0.3) is 5.91 Å². The van der Waals surface area contributed by atoms with Gasteiger partial charge >= 0.3 is 6.03 Å². The van der Waals surface area contributed by atoms with E-state index in [0.29, 0.717) is 12.3 Å². The molecule has 2 atom stereocenters. The molecule has 0 bridgehead atoms. The minimum absolute atomic E-state index is 0.116. The smallest absolute Gasteiger partial charge is 0.325 e. The predicted octanol–water partition coefficient (Wildman–Crippen LogP) is 3.74. The lowest BCUT2D eigenvalue weighted by molar-refractivity contribution is -0.135. The number of aryl methyl sites for hydroxylation is 1. The third kappa shape index (κ3) is 3.41. The van der Waals surface area contributed by atoms with Crippen molar-refractivity contribution in [2.75, 3.05) is 6.54 Å². The summed E-state index contributed by atoms with van der Waals surface area (Å²) in [7, 11) is 0. The summed E-state index contributed by atoms with van der Waals surface area (Å²) in [6.07, 6.45) is 3.13. The second-order valence-electron chi connectivity index (χ2n) is 8.02. The van der Waals surface area contributed by atoms with Crippen molar-refractivity contribution in [2.24, 2.45) is 5.92 Å². The molecular weight excluding hydrogens is 398 g/mol. The first-order valence-corrected chi connectivity index (χ1v) is 11.4. The summed E-state index contributed by atoms with van der Waals surface area (Å²) in [6, 6.07) is 11.1. The largest absolute Gasteiger partial charge is 0.347 e. The summed E-state index contributed by atoms with van der Waals surface area (Å²) < 4.78 is 0. The summed E-state index contributed by atoms with van der Waals surface area (Å²) >= 11 is 1.61. The summed E-state index contributed by atoms with van der Waals surface area (Å²) in [5.41, 5.74) is 0.889. The number of hydrogen-bond donors (Lipinski definition) is 2. The molecule has 158 valence electrons. The number of fused-ring (bicyclic) bond motifs is 2. The first-order valence-electron chi connectivity index (χ1n) is 10.6. The molecule has 0 radical (unpaired) electrons. The van der Waals surface area contributed by atoms with Gasteiger partial charge in [-0.1, -0.05) is 57.0 Å².